The van der Waals surface area contributed by atoms with Crippen molar-refractivity contribution in [2.45, 2.75) is 37.8 Å². The molecule has 2 atom stereocenters. The average molecular weight is 329 g/mol. The lowest BCUT2D eigenvalue weighted by Gasteiger charge is -2.33. The Hall–Kier alpha value is -1.88. The standard InChI is InChI=1S/C19H21F2N3/c1-10-7-24(13-3-4-13)17-14(11(10)2)5-15(20)18(16(17)21)23-8-12-6-19(12,22)9-23/h5,7,12-13H,2-4,6,8-9,22H2,1H3. The highest BCUT2D eigenvalue weighted by Crippen LogP contribution is 2.51. The van der Waals surface area contributed by atoms with Crippen molar-refractivity contribution in [3.8, 4) is 0 Å². The largest absolute Gasteiger partial charge is 0.365 e. The van der Waals surface area contributed by atoms with E-state index in [0.29, 0.717) is 41.9 Å². The van der Waals surface area contributed by atoms with Crippen LogP contribution in [0.25, 0.3) is 5.57 Å². The Bertz CT molecular complexity index is 811. The van der Waals surface area contributed by atoms with E-state index in [9.17, 15) is 4.39 Å². The number of anilines is 2. The van der Waals surface area contributed by atoms with Gasteiger partial charge in [0.05, 0.1) is 5.69 Å². The Morgan fingerprint density at radius 3 is 2.67 bits per heavy atom. The van der Waals surface area contributed by atoms with Gasteiger partial charge in [0.15, 0.2) is 5.82 Å². The minimum atomic E-state index is -0.511. The van der Waals surface area contributed by atoms with Crippen molar-refractivity contribution in [3.63, 3.8) is 0 Å². The summed E-state index contributed by atoms with van der Waals surface area (Å²) in [6.07, 6.45) is 5.00. The Labute approximate surface area is 140 Å². The molecule has 2 aliphatic heterocycles. The molecule has 2 unspecified atom stereocenters. The highest BCUT2D eigenvalue weighted by atomic mass is 19.1. The van der Waals surface area contributed by atoms with Gasteiger partial charge in [0.25, 0.3) is 0 Å². The van der Waals surface area contributed by atoms with E-state index in [1.54, 1.807) is 4.90 Å². The molecule has 2 aliphatic carbocycles. The van der Waals surface area contributed by atoms with E-state index in [4.69, 9.17) is 5.73 Å². The maximum absolute atomic E-state index is 15.4. The third-order valence-electron chi connectivity index (χ3n) is 6.02. The third kappa shape index (κ3) is 1.85. The minimum Gasteiger partial charge on any atom is -0.365 e. The van der Waals surface area contributed by atoms with Crippen LogP contribution in [0, 0.1) is 17.6 Å². The lowest BCUT2D eigenvalue weighted by atomic mass is 9.94. The number of nitrogens with two attached hydrogens (primary N) is 1. The summed E-state index contributed by atoms with van der Waals surface area (Å²) in [7, 11) is 0. The average Bonchev–Trinajstić information content (AvgIpc) is 3.42. The molecule has 24 heavy (non-hydrogen) atoms. The van der Waals surface area contributed by atoms with Gasteiger partial charge in [0, 0.05) is 36.4 Å². The molecule has 1 aromatic rings. The highest BCUT2D eigenvalue weighted by Gasteiger charge is 2.58. The summed E-state index contributed by atoms with van der Waals surface area (Å²) < 4.78 is 30.2. The van der Waals surface area contributed by atoms with Crippen molar-refractivity contribution >= 4 is 16.9 Å². The zero-order chi connectivity index (χ0) is 16.8. The Morgan fingerprint density at radius 2 is 2.04 bits per heavy atom. The second-order valence-electron chi connectivity index (χ2n) is 7.86. The minimum absolute atomic E-state index is 0.0807. The number of allylic oxidation sites excluding steroid dienone is 2. The number of hydrogen-bond acceptors (Lipinski definition) is 3. The fourth-order valence-electron chi connectivity index (χ4n) is 4.27. The smallest absolute Gasteiger partial charge is 0.173 e. The molecule has 2 N–H and O–H groups in total. The van der Waals surface area contributed by atoms with Gasteiger partial charge in [-0.15, -0.1) is 0 Å². The van der Waals surface area contributed by atoms with Gasteiger partial charge in [-0.2, -0.15) is 0 Å². The normalized spacial score (nSPS) is 31.1. The van der Waals surface area contributed by atoms with Crippen LogP contribution in [-0.4, -0.2) is 24.7 Å². The van der Waals surface area contributed by atoms with Crippen molar-refractivity contribution in [1.29, 1.82) is 0 Å². The van der Waals surface area contributed by atoms with Gasteiger partial charge in [0.1, 0.15) is 11.5 Å². The second-order valence-corrected chi connectivity index (χ2v) is 7.86. The van der Waals surface area contributed by atoms with Gasteiger partial charge in [0.2, 0.25) is 0 Å². The summed E-state index contributed by atoms with van der Waals surface area (Å²) >= 11 is 0. The summed E-state index contributed by atoms with van der Waals surface area (Å²) in [6.45, 7) is 7.14. The molecule has 4 aliphatic rings. The fraction of sp³-hybridized carbons (Fsp3) is 0.474. The lowest BCUT2D eigenvalue weighted by molar-refractivity contribution is 0.568. The van der Waals surface area contributed by atoms with E-state index >= 15 is 4.39 Å². The number of nitrogens with zero attached hydrogens (tertiary/aromatic N) is 2. The van der Waals surface area contributed by atoms with Gasteiger partial charge < -0.3 is 15.5 Å². The van der Waals surface area contributed by atoms with Crippen molar-refractivity contribution in [2.75, 3.05) is 22.9 Å². The van der Waals surface area contributed by atoms with Gasteiger partial charge in [-0.25, -0.2) is 8.78 Å². The van der Waals surface area contributed by atoms with Crippen molar-refractivity contribution in [1.82, 2.24) is 0 Å². The van der Waals surface area contributed by atoms with E-state index in [-0.39, 0.29) is 11.2 Å². The van der Waals surface area contributed by atoms with Crippen LogP contribution in [0.3, 0.4) is 0 Å². The monoisotopic (exact) mass is 329 g/mol. The topological polar surface area (TPSA) is 32.5 Å². The first-order chi connectivity index (χ1) is 11.4. The maximum Gasteiger partial charge on any atom is 0.173 e. The molecule has 5 rings (SSSR count). The summed E-state index contributed by atoms with van der Waals surface area (Å²) in [6, 6.07) is 1.77. The van der Waals surface area contributed by atoms with Crippen molar-refractivity contribution < 1.29 is 8.78 Å². The van der Waals surface area contributed by atoms with Crippen LogP contribution in [-0.2, 0) is 0 Å². The molecule has 0 aromatic heterocycles. The van der Waals surface area contributed by atoms with Gasteiger partial charge in [-0.3, -0.25) is 0 Å². The molecule has 0 spiro atoms. The second kappa shape index (κ2) is 4.39. The molecule has 0 bridgehead atoms. The lowest BCUT2D eigenvalue weighted by Crippen LogP contribution is -2.34. The van der Waals surface area contributed by atoms with Crippen LogP contribution in [0.2, 0.25) is 0 Å². The Balaban J connectivity index is 1.64. The van der Waals surface area contributed by atoms with E-state index in [2.05, 4.69) is 6.58 Å². The molecule has 1 saturated heterocycles. The first-order valence-electron chi connectivity index (χ1n) is 8.61. The fourth-order valence-corrected chi connectivity index (χ4v) is 4.27. The number of piperidine rings is 1. The van der Waals surface area contributed by atoms with Crippen LogP contribution in [0.5, 0.6) is 0 Å². The maximum atomic E-state index is 15.4. The third-order valence-corrected chi connectivity index (χ3v) is 6.02. The molecular weight excluding hydrogens is 308 g/mol. The van der Waals surface area contributed by atoms with Gasteiger partial charge in [-0.1, -0.05) is 6.58 Å². The molecule has 0 radical (unpaired) electrons. The molecule has 1 aromatic carbocycles. The molecule has 5 heteroatoms. The predicted molar refractivity (Wildman–Crippen MR) is 91.9 cm³/mol. The molecule has 0 amide bonds. The highest BCUT2D eigenvalue weighted by molar-refractivity contribution is 5.90. The molecule has 3 fully saturated rings. The number of rotatable bonds is 2. The van der Waals surface area contributed by atoms with E-state index < -0.39 is 11.6 Å². The van der Waals surface area contributed by atoms with Crippen LogP contribution in [0.15, 0.2) is 24.4 Å². The van der Waals surface area contributed by atoms with Crippen LogP contribution < -0.4 is 15.5 Å². The number of halogens is 2. The quantitative estimate of drug-likeness (QED) is 0.902. The zero-order valence-corrected chi connectivity index (χ0v) is 13.8. The molecule has 2 heterocycles. The Kier molecular flexibility index (Phi) is 2.65. The van der Waals surface area contributed by atoms with Crippen LogP contribution in [0.1, 0.15) is 31.7 Å². The number of hydrogen-bond donors (Lipinski definition) is 1. The van der Waals surface area contributed by atoms with Crippen LogP contribution >= 0.6 is 0 Å². The first-order valence-corrected chi connectivity index (χ1v) is 8.61. The predicted octanol–water partition coefficient (Wildman–Crippen LogP) is 3.40. The van der Waals surface area contributed by atoms with Crippen LogP contribution in [0.4, 0.5) is 20.2 Å². The van der Waals surface area contributed by atoms with E-state index in [0.717, 1.165) is 24.8 Å². The number of benzene rings is 1. The van der Waals surface area contributed by atoms with Crippen molar-refractivity contribution in [3.05, 3.63) is 41.6 Å². The summed E-state index contributed by atoms with van der Waals surface area (Å²) in [5, 5.41) is 0. The molecule has 126 valence electrons. The van der Waals surface area contributed by atoms with Crippen molar-refractivity contribution in [2.24, 2.45) is 11.7 Å². The Morgan fingerprint density at radius 1 is 1.29 bits per heavy atom. The first kappa shape index (κ1) is 14.5. The molecule has 3 nitrogen and oxygen atoms in total. The van der Waals surface area contributed by atoms with E-state index in [1.807, 2.05) is 18.0 Å². The molecular formula is C19H21F2N3. The van der Waals surface area contributed by atoms with E-state index in [1.165, 1.54) is 6.07 Å². The summed E-state index contributed by atoms with van der Waals surface area (Å²) in [4.78, 5) is 3.77. The summed E-state index contributed by atoms with van der Waals surface area (Å²) in [5.41, 5.74) is 8.78. The summed E-state index contributed by atoms with van der Waals surface area (Å²) in [5.74, 6) is -0.613. The zero-order valence-electron chi connectivity index (χ0n) is 13.8. The molecule has 2 saturated carbocycles. The SMILES string of the molecule is C=C1C(C)=CN(C2CC2)c2c1cc(F)c(N1CC3CC3(N)C1)c2F. The van der Waals surface area contributed by atoms with Gasteiger partial charge in [-0.05, 0) is 49.3 Å². The van der Waals surface area contributed by atoms with Gasteiger partial charge >= 0.3 is 0 Å². The number of fused-ring (bicyclic) bond motifs is 2.